The number of benzene rings is 1. The maximum Gasteiger partial charge on any atom is 0.257 e. The summed E-state index contributed by atoms with van der Waals surface area (Å²) in [5.41, 5.74) is 1.13. The van der Waals surface area contributed by atoms with Gasteiger partial charge in [0.15, 0.2) is 5.13 Å². The van der Waals surface area contributed by atoms with Crippen LogP contribution in [0, 0.1) is 0 Å². The second-order valence-electron chi connectivity index (χ2n) is 7.08. The van der Waals surface area contributed by atoms with E-state index in [4.69, 9.17) is 11.6 Å². The Morgan fingerprint density at radius 1 is 1.20 bits per heavy atom. The van der Waals surface area contributed by atoms with Crippen molar-refractivity contribution in [1.82, 2.24) is 9.29 Å². The molecule has 0 aliphatic carbocycles. The highest BCUT2D eigenvalue weighted by atomic mass is 35.5. The van der Waals surface area contributed by atoms with E-state index in [1.165, 1.54) is 46.9 Å². The Kier molecular flexibility index (Phi) is 6.26. The first-order chi connectivity index (χ1) is 14.3. The Bertz CT molecular complexity index is 1160. The van der Waals surface area contributed by atoms with Crippen LogP contribution in [0.1, 0.15) is 36.5 Å². The van der Waals surface area contributed by atoms with Gasteiger partial charge in [-0.05, 0) is 56.2 Å². The number of rotatable bonds is 5. The van der Waals surface area contributed by atoms with Crippen LogP contribution in [0.15, 0.2) is 46.7 Å². The monoisotopic (exact) mass is 481 g/mol. The molecule has 1 atom stereocenters. The summed E-state index contributed by atoms with van der Waals surface area (Å²) in [6.07, 6.45) is 2.79. The molecule has 0 spiro atoms. The maximum absolute atomic E-state index is 12.9. The molecule has 0 saturated carbocycles. The zero-order chi connectivity index (χ0) is 21.3. The third kappa shape index (κ3) is 4.45. The van der Waals surface area contributed by atoms with E-state index in [-0.39, 0.29) is 16.8 Å². The quantitative estimate of drug-likeness (QED) is 0.533. The molecule has 1 N–H and O–H groups in total. The Labute approximate surface area is 188 Å². The van der Waals surface area contributed by atoms with Crippen molar-refractivity contribution in [2.75, 3.05) is 11.9 Å². The molecule has 158 valence electrons. The molecule has 1 aromatic carbocycles. The van der Waals surface area contributed by atoms with Gasteiger partial charge in [0, 0.05) is 23.5 Å². The van der Waals surface area contributed by atoms with Gasteiger partial charge in [-0.15, -0.1) is 22.7 Å². The minimum atomic E-state index is -3.56. The van der Waals surface area contributed by atoms with E-state index in [1.54, 1.807) is 10.4 Å². The van der Waals surface area contributed by atoms with Gasteiger partial charge < -0.3 is 0 Å². The molecule has 0 radical (unpaired) electrons. The van der Waals surface area contributed by atoms with Gasteiger partial charge in [0.2, 0.25) is 10.0 Å². The van der Waals surface area contributed by atoms with E-state index in [9.17, 15) is 13.2 Å². The molecule has 30 heavy (non-hydrogen) atoms. The Morgan fingerprint density at radius 3 is 2.63 bits per heavy atom. The highest BCUT2D eigenvalue weighted by Gasteiger charge is 2.30. The molecule has 1 saturated heterocycles. The number of thiazole rings is 1. The predicted molar refractivity (Wildman–Crippen MR) is 122 cm³/mol. The number of carbonyl (C=O) groups is 1. The Morgan fingerprint density at radius 2 is 1.97 bits per heavy atom. The summed E-state index contributed by atoms with van der Waals surface area (Å²) in [4.78, 5) is 18.1. The van der Waals surface area contributed by atoms with Crippen LogP contribution in [-0.2, 0) is 10.0 Å². The highest BCUT2D eigenvalue weighted by molar-refractivity contribution is 7.89. The number of sulfonamides is 1. The zero-order valence-corrected chi connectivity index (χ0v) is 19.4. The summed E-state index contributed by atoms with van der Waals surface area (Å²) >= 11 is 8.70. The van der Waals surface area contributed by atoms with Crippen LogP contribution < -0.4 is 5.32 Å². The molecular formula is C20H20ClN3O3S3. The van der Waals surface area contributed by atoms with E-state index >= 15 is 0 Å². The van der Waals surface area contributed by atoms with Crippen molar-refractivity contribution in [1.29, 1.82) is 0 Å². The Hall–Kier alpha value is -1.78. The summed E-state index contributed by atoms with van der Waals surface area (Å²) in [6, 6.07) is 9.73. The molecule has 1 amide bonds. The average Bonchev–Trinajstić information content (AvgIpc) is 3.37. The standard InChI is InChI=1S/C20H20ClN3O3S3/c1-13-4-2-3-11-24(13)30(26,27)15-7-5-14(6-8-15)19(25)23-20-22-16(12-28-20)17-9-10-18(21)29-17/h5-10,12-13H,2-4,11H2,1H3,(H,22,23,25). The van der Waals surface area contributed by atoms with Crippen molar-refractivity contribution in [3.8, 4) is 10.6 Å². The summed E-state index contributed by atoms with van der Waals surface area (Å²) in [6.45, 7) is 2.47. The lowest BCUT2D eigenvalue weighted by atomic mass is 10.1. The zero-order valence-electron chi connectivity index (χ0n) is 16.2. The number of piperidine rings is 1. The number of hydrogen-bond donors (Lipinski definition) is 1. The molecular weight excluding hydrogens is 462 g/mol. The average molecular weight is 482 g/mol. The molecule has 4 rings (SSSR count). The first kappa shape index (κ1) is 21.5. The van der Waals surface area contributed by atoms with E-state index < -0.39 is 10.0 Å². The van der Waals surface area contributed by atoms with Crippen molar-refractivity contribution in [2.45, 2.75) is 37.1 Å². The lowest BCUT2D eigenvalue weighted by molar-refractivity contribution is 0.102. The number of halogens is 1. The maximum atomic E-state index is 12.9. The smallest absolute Gasteiger partial charge is 0.257 e. The minimum Gasteiger partial charge on any atom is -0.298 e. The second kappa shape index (κ2) is 8.76. The third-order valence-corrected chi connectivity index (χ3v) is 9.05. The number of nitrogens with zero attached hydrogens (tertiary/aromatic N) is 2. The molecule has 1 unspecified atom stereocenters. The van der Waals surface area contributed by atoms with Crippen LogP contribution >= 0.6 is 34.3 Å². The first-order valence-electron chi connectivity index (χ1n) is 9.49. The number of aromatic nitrogens is 1. The summed E-state index contributed by atoms with van der Waals surface area (Å²) in [5, 5.41) is 5.09. The number of thiophene rings is 1. The van der Waals surface area contributed by atoms with Gasteiger partial charge in [-0.2, -0.15) is 4.31 Å². The lowest BCUT2D eigenvalue weighted by Gasteiger charge is -2.32. The molecule has 3 aromatic rings. The largest absolute Gasteiger partial charge is 0.298 e. The van der Waals surface area contributed by atoms with E-state index in [0.717, 1.165) is 29.8 Å². The van der Waals surface area contributed by atoms with Crippen LogP contribution in [0.25, 0.3) is 10.6 Å². The number of anilines is 1. The summed E-state index contributed by atoms with van der Waals surface area (Å²) in [7, 11) is -3.56. The van der Waals surface area contributed by atoms with Crippen molar-refractivity contribution in [3.63, 3.8) is 0 Å². The molecule has 6 nitrogen and oxygen atoms in total. The van der Waals surface area contributed by atoms with Crippen LogP contribution in [0.2, 0.25) is 4.34 Å². The molecule has 2 aromatic heterocycles. The number of carbonyl (C=O) groups excluding carboxylic acids is 1. The van der Waals surface area contributed by atoms with Gasteiger partial charge in [0.1, 0.15) is 0 Å². The Balaban J connectivity index is 1.46. The summed E-state index contributed by atoms with van der Waals surface area (Å²) in [5.74, 6) is -0.338. The molecule has 0 bridgehead atoms. The first-order valence-corrected chi connectivity index (χ1v) is 13.0. The van der Waals surface area contributed by atoms with Crippen LogP contribution in [-0.4, -0.2) is 36.2 Å². The fourth-order valence-electron chi connectivity index (χ4n) is 3.41. The number of nitrogens with one attached hydrogen (secondary N) is 1. The van der Waals surface area contributed by atoms with E-state index in [2.05, 4.69) is 10.3 Å². The second-order valence-corrected chi connectivity index (χ2v) is 11.5. The SMILES string of the molecule is CC1CCCCN1S(=O)(=O)c1ccc(C(=O)Nc2nc(-c3ccc(Cl)s3)cs2)cc1. The third-order valence-electron chi connectivity index (χ3n) is 5.02. The topological polar surface area (TPSA) is 79.4 Å². The fraction of sp³-hybridized carbons (Fsp3) is 0.300. The van der Waals surface area contributed by atoms with Crippen LogP contribution in [0.4, 0.5) is 5.13 Å². The molecule has 1 aliphatic rings. The summed E-state index contributed by atoms with van der Waals surface area (Å²) < 4.78 is 28.1. The van der Waals surface area contributed by atoms with Gasteiger partial charge in [0.25, 0.3) is 5.91 Å². The predicted octanol–water partition coefficient (Wildman–Crippen LogP) is 5.34. The van der Waals surface area contributed by atoms with Gasteiger partial charge in [-0.25, -0.2) is 13.4 Å². The van der Waals surface area contributed by atoms with Crippen molar-refractivity contribution in [3.05, 3.63) is 51.7 Å². The van der Waals surface area contributed by atoms with Crippen LogP contribution in [0.5, 0.6) is 0 Å². The fourth-order valence-corrected chi connectivity index (χ4v) is 6.89. The number of amides is 1. The molecule has 1 fully saturated rings. The van der Waals surface area contributed by atoms with Crippen molar-refractivity contribution < 1.29 is 13.2 Å². The molecule has 3 heterocycles. The lowest BCUT2D eigenvalue weighted by Crippen LogP contribution is -2.41. The van der Waals surface area contributed by atoms with Gasteiger partial charge in [0.05, 0.1) is 19.8 Å². The normalized spacial score (nSPS) is 17.7. The highest BCUT2D eigenvalue weighted by Crippen LogP contribution is 2.33. The molecule has 1 aliphatic heterocycles. The van der Waals surface area contributed by atoms with Gasteiger partial charge in [-0.1, -0.05) is 18.0 Å². The van der Waals surface area contributed by atoms with Gasteiger partial charge in [-0.3, -0.25) is 10.1 Å². The van der Waals surface area contributed by atoms with E-state index in [1.807, 2.05) is 18.4 Å². The molecule has 10 heteroatoms. The minimum absolute atomic E-state index is 0.0101. The van der Waals surface area contributed by atoms with Gasteiger partial charge >= 0.3 is 0 Å². The number of hydrogen-bond acceptors (Lipinski definition) is 6. The van der Waals surface area contributed by atoms with Crippen LogP contribution in [0.3, 0.4) is 0 Å². The van der Waals surface area contributed by atoms with E-state index in [0.29, 0.717) is 21.6 Å². The van der Waals surface area contributed by atoms with Crippen molar-refractivity contribution >= 4 is 55.3 Å². The van der Waals surface area contributed by atoms with Crippen molar-refractivity contribution in [2.24, 2.45) is 0 Å².